The molecule has 1 atom stereocenters. The molecule has 3 rings (SSSR count). The lowest BCUT2D eigenvalue weighted by Crippen LogP contribution is -3.13. The molecule has 0 radical (unpaired) electrons. The van der Waals surface area contributed by atoms with Crippen molar-refractivity contribution in [1.29, 1.82) is 0 Å². The van der Waals surface area contributed by atoms with E-state index < -0.39 is 10.0 Å². The van der Waals surface area contributed by atoms with Crippen LogP contribution >= 0.6 is 11.6 Å². The van der Waals surface area contributed by atoms with Crippen molar-refractivity contribution in [1.82, 2.24) is 4.72 Å². The maximum absolute atomic E-state index is 12.6. The Balaban J connectivity index is 1.77. The Morgan fingerprint density at radius 2 is 1.60 bits per heavy atom. The van der Waals surface area contributed by atoms with E-state index in [-0.39, 0.29) is 10.9 Å². The second-order valence-electron chi connectivity index (χ2n) is 6.49. The summed E-state index contributed by atoms with van der Waals surface area (Å²) in [5, 5.41) is 0.527. The summed E-state index contributed by atoms with van der Waals surface area (Å²) in [5.41, 5.74) is 1.18. The van der Waals surface area contributed by atoms with Crippen molar-refractivity contribution in [2.75, 3.05) is 19.6 Å². The third kappa shape index (κ3) is 4.82. The van der Waals surface area contributed by atoms with Gasteiger partial charge in [0.05, 0.1) is 24.5 Å². The summed E-state index contributed by atoms with van der Waals surface area (Å²) in [4.78, 5) is 1.70. The van der Waals surface area contributed by atoms with Gasteiger partial charge in [-0.05, 0) is 43.5 Å². The zero-order valence-corrected chi connectivity index (χ0v) is 15.7. The first-order chi connectivity index (χ1) is 12.1. The van der Waals surface area contributed by atoms with E-state index in [2.05, 4.69) is 16.9 Å². The molecule has 1 aliphatic heterocycles. The Hall–Kier alpha value is -1.40. The van der Waals surface area contributed by atoms with E-state index in [0.717, 1.165) is 13.1 Å². The van der Waals surface area contributed by atoms with Gasteiger partial charge in [-0.1, -0.05) is 41.9 Å². The highest BCUT2D eigenvalue weighted by molar-refractivity contribution is 7.89. The first-order valence-corrected chi connectivity index (χ1v) is 10.6. The van der Waals surface area contributed by atoms with E-state index in [1.165, 1.54) is 41.9 Å². The fourth-order valence-corrected chi connectivity index (χ4v) is 4.60. The predicted octanol–water partition coefficient (Wildman–Crippen LogP) is 2.43. The Morgan fingerprint density at radius 3 is 2.24 bits per heavy atom. The molecule has 0 aliphatic carbocycles. The first kappa shape index (κ1) is 18.4. The molecule has 1 fully saturated rings. The van der Waals surface area contributed by atoms with Crippen molar-refractivity contribution >= 4 is 21.6 Å². The topological polar surface area (TPSA) is 50.6 Å². The zero-order valence-electron chi connectivity index (χ0n) is 14.1. The summed E-state index contributed by atoms with van der Waals surface area (Å²) in [7, 11) is -3.54. The van der Waals surface area contributed by atoms with Crippen LogP contribution in [0, 0.1) is 0 Å². The maximum atomic E-state index is 12.6. The smallest absolute Gasteiger partial charge is 0.240 e. The number of halogens is 1. The lowest BCUT2D eigenvalue weighted by atomic mass is 10.0. The Kier molecular flexibility index (Phi) is 6.12. The van der Waals surface area contributed by atoms with Gasteiger partial charge < -0.3 is 4.90 Å². The van der Waals surface area contributed by atoms with Crippen LogP contribution < -0.4 is 9.62 Å². The highest BCUT2D eigenvalue weighted by atomic mass is 35.5. The van der Waals surface area contributed by atoms with E-state index in [1.807, 2.05) is 18.2 Å². The molecule has 2 aromatic rings. The van der Waals surface area contributed by atoms with Crippen molar-refractivity contribution in [2.45, 2.75) is 30.2 Å². The summed E-state index contributed by atoms with van der Waals surface area (Å²) in [6.45, 7) is 2.56. The molecule has 25 heavy (non-hydrogen) atoms. The normalized spacial score (nSPS) is 17.3. The number of sulfonamides is 1. The van der Waals surface area contributed by atoms with Crippen molar-refractivity contribution in [3.8, 4) is 0 Å². The SMILES string of the molecule is O=S(=O)(NCC(c1ccccc1)[NH+]1CCCCC1)c1ccc(Cl)cc1. The molecule has 0 bridgehead atoms. The molecule has 0 amide bonds. The van der Waals surface area contributed by atoms with Crippen LogP contribution in [0.5, 0.6) is 0 Å². The highest BCUT2D eigenvalue weighted by Crippen LogP contribution is 2.15. The van der Waals surface area contributed by atoms with Crippen LogP contribution in [0.4, 0.5) is 0 Å². The molecule has 2 aromatic carbocycles. The van der Waals surface area contributed by atoms with Gasteiger partial charge in [0, 0.05) is 10.6 Å². The third-order valence-corrected chi connectivity index (χ3v) is 6.48. The number of hydrogen-bond acceptors (Lipinski definition) is 2. The molecule has 1 heterocycles. The summed E-state index contributed by atoms with van der Waals surface area (Å²) >= 11 is 5.85. The Bertz CT molecular complexity index is 773. The summed E-state index contributed by atoms with van der Waals surface area (Å²) < 4.78 is 28.0. The van der Waals surface area contributed by atoms with E-state index >= 15 is 0 Å². The number of hydrogen-bond donors (Lipinski definition) is 2. The van der Waals surface area contributed by atoms with Crippen molar-refractivity contribution < 1.29 is 13.3 Å². The quantitative estimate of drug-likeness (QED) is 0.809. The molecule has 134 valence electrons. The van der Waals surface area contributed by atoms with Crippen LogP contribution in [0.25, 0.3) is 0 Å². The molecule has 1 aliphatic rings. The standard InChI is InChI=1S/C19H23ClN2O2S/c20-17-9-11-18(12-10-17)25(23,24)21-15-19(16-7-3-1-4-8-16)22-13-5-2-6-14-22/h1,3-4,7-12,19,21H,2,5-6,13-15H2/p+1. The minimum absolute atomic E-state index is 0.128. The van der Waals surface area contributed by atoms with E-state index in [1.54, 1.807) is 12.1 Å². The second-order valence-corrected chi connectivity index (χ2v) is 8.69. The van der Waals surface area contributed by atoms with Gasteiger partial charge in [-0.15, -0.1) is 0 Å². The molecule has 0 saturated carbocycles. The van der Waals surface area contributed by atoms with E-state index in [0.29, 0.717) is 11.6 Å². The average Bonchev–Trinajstić information content (AvgIpc) is 2.64. The number of rotatable bonds is 6. The van der Waals surface area contributed by atoms with E-state index in [9.17, 15) is 8.42 Å². The number of benzene rings is 2. The molecule has 0 spiro atoms. The summed E-state index contributed by atoms with van der Waals surface area (Å²) in [6, 6.07) is 16.6. The van der Waals surface area contributed by atoms with Crippen LogP contribution in [0.2, 0.25) is 5.02 Å². The monoisotopic (exact) mass is 379 g/mol. The first-order valence-electron chi connectivity index (χ1n) is 8.71. The fraction of sp³-hybridized carbons (Fsp3) is 0.368. The van der Waals surface area contributed by atoms with Crippen LogP contribution in [-0.2, 0) is 10.0 Å². The van der Waals surface area contributed by atoms with Crippen molar-refractivity contribution in [2.24, 2.45) is 0 Å². The number of nitrogens with one attached hydrogen (secondary N) is 2. The molecular formula is C19H24ClN2O2S+. The number of likely N-dealkylation sites (tertiary alicyclic amines) is 1. The molecule has 1 unspecified atom stereocenters. The molecule has 0 aromatic heterocycles. The van der Waals surface area contributed by atoms with Crippen LogP contribution in [0.1, 0.15) is 30.9 Å². The Morgan fingerprint density at radius 1 is 0.960 bits per heavy atom. The molecule has 2 N–H and O–H groups in total. The van der Waals surface area contributed by atoms with Gasteiger partial charge in [0.15, 0.2) is 0 Å². The van der Waals surface area contributed by atoms with Crippen molar-refractivity contribution in [3.63, 3.8) is 0 Å². The molecule has 4 nitrogen and oxygen atoms in total. The van der Waals surface area contributed by atoms with Gasteiger partial charge in [0.25, 0.3) is 0 Å². The van der Waals surface area contributed by atoms with Gasteiger partial charge in [0.1, 0.15) is 6.04 Å². The van der Waals surface area contributed by atoms with Crippen LogP contribution in [0.15, 0.2) is 59.5 Å². The van der Waals surface area contributed by atoms with Crippen molar-refractivity contribution in [3.05, 3.63) is 65.2 Å². The molecule has 6 heteroatoms. The lowest BCUT2D eigenvalue weighted by molar-refractivity contribution is -0.934. The molecule has 1 saturated heterocycles. The van der Waals surface area contributed by atoms with Gasteiger partial charge in [-0.3, -0.25) is 0 Å². The zero-order chi connectivity index (χ0) is 17.7. The van der Waals surface area contributed by atoms with E-state index in [4.69, 9.17) is 11.6 Å². The fourth-order valence-electron chi connectivity index (χ4n) is 3.43. The predicted molar refractivity (Wildman–Crippen MR) is 100 cm³/mol. The van der Waals surface area contributed by atoms with Gasteiger partial charge >= 0.3 is 0 Å². The number of quaternary nitrogens is 1. The molecular weight excluding hydrogens is 356 g/mol. The minimum Gasteiger partial charge on any atom is -0.328 e. The average molecular weight is 380 g/mol. The third-order valence-electron chi connectivity index (χ3n) is 4.79. The minimum atomic E-state index is -3.54. The Labute approximate surface area is 154 Å². The lowest BCUT2D eigenvalue weighted by Gasteiger charge is -2.32. The summed E-state index contributed by atoms with van der Waals surface area (Å²) in [5.74, 6) is 0. The maximum Gasteiger partial charge on any atom is 0.240 e. The number of piperidine rings is 1. The van der Waals surface area contributed by atoms with Gasteiger partial charge in [0.2, 0.25) is 10.0 Å². The van der Waals surface area contributed by atoms with Crippen LogP contribution in [-0.4, -0.2) is 28.1 Å². The van der Waals surface area contributed by atoms with Crippen LogP contribution in [0.3, 0.4) is 0 Å². The highest BCUT2D eigenvalue weighted by Gasteiger charge is 2.27. The summed E-state index contributed by atoms with van der Waals surface area (Å²) in [6.07, 6.45) is 3.66. The van der Waals surface area contributed by atoms with Gasteiger partial charge in [-0.2, -0.15) is 0 Å². The van der Waals surface area contributed by atoms with Gasteiger partial charge in [-0.25, -0.2) is 13.1 Å². The largest absolute Gasteiger partial charge is 0.328 e. The second kappa shape index (κ2) is 8.32.